The Labute approximate surface area is 220 Å². The van der Waals surface area contributed by atoms with Crippen LogP contribution < -0.4 is 10.6 Å². The standard InChI is InChI=1S/C27H32F3N3O4S/c1-17(2)33-14-19-12-24(23(22(19)15-33)16-38(36,37)21-9-4-3-5-10-21)32-25(34)13-31-26(35)18-7-6-8-20(11-18)27(28,29)30/h3-11,17,19,22-24H,12-16H2,1-2H3,(H,31,35)(H,32,34). The Morgan fingerprint density at radius 2 is 1.76 bits per heavy atom. The Morgan fingerprint density at radius 1 is 1.05 bits per heavy atom. The van der Waals surface area contributed by atoms with Crippen LogP contribution in [-0.4, -0.2) is 62.6 Å². The van der Waals surface area contributed by atoms with Gasteiger partial charge >= 0.3 is 6.18 Å². The second-order valence-electron chi connectivity index (χ2n) is 10.4. The third-order valence-corrected chi connectivity index (χ3v) is 9.41. The number of sulfone groups is 1. The topological polar surface area (TPSA) is 95.6 Å². The number of benzene rings is 2. The van der Waals surface area contributed by atoms with Gasteiger partial charge in [0.25, 0.3) is 5.91 Å². The Hall–Kier alpha value is -2.92. The minimum absolute atomic E-state index is 0.0980. The molecule has 0 aromatic heterocycles. The Morgan fingerprint density at radius 3 is 2.42 bits per heavy atom. The smallest absolute Gasteiger partial charge is 0.352 e. The molecule has 4 rings (SSSR count). The van der Waals surface area contributed by atoms with Gasteiger partial charge in [0.05, 0.1) is 22.8 Å². The summed E-state index contributed by atoms with van der Waals surface area (Å²) < 4.78 is 65.3. The van der Waals surface area contributed by atoms with Crippen molar-refractivity contribution >= 4 is 21.7 Å². The molecule has 11 heteroatoms. The largest absolute Gasteiger partial charge is 0.416 e. The van der Waals surface area contributed by atoms with Crippen LogP contribution in [0.4, 0.5) is 13.2 Å². The summed E-state index contributed by atoms with van der Waals surface area (Å²) in [5.41, 5.74) is -1.16. The minimum atomic E-state index is -4.59. The average molecular weight is 552 g/mol. The zero-order chi connectivity index (χ0) is 27.7. The monoisotopic (exact) mass is 551 g/mol. The summed E-state index contributed by atoms with van der Waals surface area (Å²) >= 11 is 0. The number of fused-ring (bicyclic) bond motifs is 1. The van der Waals surface area contributed by atoms with Gasteiger partial charge in [0.2, 0.25) is 5.91 Å². The van der Waals surface area contributed by atoms with Crippen LogP contribution in [0.2, 0.25) is 0 Å². The lowest BCUT2D eigenvalue weighted by Gasteiger charge is -2.28. The van der Waals surface area contributed by atoms with Gasteiger partial charge in [-0.2, -0.15) is 13.2 Å². The lowest BCUT2D eigenvalue weighted by Crippen LogP contribution is -2.46. The SMILES string of the molecule is CC(C)N1CC2CC(NC(=O)CNC(=O)c3cccc(C(F)(F)F)c3)C(CS(=O)(=O)c3ccccc3)C2C1. The van der Waals surface area contributed by atoms with Gasteiger partial charge < -0.3 is 15.5 Å². The zero-order valence-corrected chi connectivity index (χ0v) is 22.1. The second kappa shape index (κ2) is 11.1. The van der Waals surface area contributed by atoms with Crippen molar-refractivity contribution < 1.29 is 31.2 Å². The van der Waals surface area contributed by atoms with E-state index in [9.17, 15) is 31.2 Å². The van der Waals surface area contributed by atoms with E-state index in [2.05, 4.69) is 29.4 Å². The fourth-order valence-corrected chi connectivity index (χ4v) is 7.38. The zero-order valence-electron chi connectivity index (χ0n) is 21.2. The number of carbonyl (C=O) groups excluding carboxylic acids is 2. The molecule has 0 spiro atoms. The third-order valence-electron chi connectivity index (χ3n) is 7.60. The summed E-state index contributed by atoms with van der Waals surface area (Å²) in [6, 6.07) is 12.1. The average Bonchev–Trinajstić information content (AvgIpc) is 3.42. The number of hydrogen-bond acceptors (Lipinski definition) is 5. The maximum absolute atomic E-state index is 13.2. The van der Waals surface area contributed by atoms with Gasteiger partial charge in [0, 0.05) is 30.7 Å². The summed E-state index contributed by atoms with van der Waals surface area (Å²) in [6.07, 6.45) is -3.97. The van der Waals surface area contributed by atoms with Gasteiger partial charge in [-0.05, 0) is 68.4 Å². The number of likely N-dealkylation sites (tertiary alicyclic amines) is 1. The molecule has 4 atom stereocenters. The molecule has 206 valence electrons. The predicted molar refractivity (Wildman–Crippen MR) is 136 cm³/mol. The number of halogens is 3. The van der Waals surface area contributed by atoms with E-state index >= 15 is 0 Å². The molecule has 38 heavy (non-hydrogen) atoms. The number of nitrogens with zero attached hydrogens (tertiary/aromatic N) is 1. The maximum atomic E-state index is 13.2. The van der Waals surface area contributed by atoms with Gasteiger partial charge in [0.1, 0.15) is 0 Å². The fraction of sp³-hybridized carbons (Fsp3) is 0.481. The van der Waals surface area contributed by atoms with Gasteiger partial charge in [-0.1, -0.05) is 24.3 Å². The van der Waals surface area contributed by atoms with Crippen LogP contribution >= 0.6 is 0 Å². The lowest BCUT2D eigenvalue weighted by molar-refractivity contribution is -0.137. The first kappa shape index (κ1) is 28.1. The number of rotatable bonds is 8. The highest BCUT2D eigenvalue weighted by Crippen LogP contribution is 2.44. The molecule has 1 saturated heterocycles. The van der Waals surface area contributed by atoms with E-state index < -0.39 is 46.0 Å². The molecule has 1 saturated carbocycles. The normalized spacial score (nSPS) is 23.8. The van der Waals surface area contributed by atoms with Crippen LogP contribution in [0, 0.1) is 17.8 Å². The first-order valence-electron chi connectivity index (χ1n) is 12.6. The number of amides is 2. The van der Waals surface area contributed by atoms with Gasteiger partial charge in [-0.3, -0.25) is 9.59 Å². The molecule has 0 bridgehead atoms. The number of alkyl halides is 3. The molecular formula is C27H32F3N3O4S. The molecule has 1 aliphatic carbocycles. The molecule has 2 aromatic rings. The van der Waals surface area contributed by atoms with Crippen LogP contribution in [0.5, 0.6) is 0 Å². The van der Waals surface area contributed by atoms with Crippen molar-refractivity contribution in [1.82, 2.24) is 15.5 Å². The van der Waals surface area contributed by atoms with E-state index in [0.29, 0.717) is 12.5 Å². The Balaban J connectivity index is 1.43. The molecule has 2 aromatic carbocycles. The molecule has 4 unspecified atom stereocenters. The van der Waals surface area contributed by atoms with Gasteiger partial charge in [-0.15, -0.1) is 0 Å². The van der Waals surface area contributed by atoms with Crippen LogP contribution in [0.3, 0.4) is 0 Å². The van der Waals surface area contributed by atoms with Crippen molar-refractivity contribution in [3.63, 3.8) is 0 Å². The molecule has 1 aliphatic heterocycles. The second-order valence-corrected chi connectivity index (χ2v) is 12.4. The summed E-state index contributed by atoms with van der Waals surface area (Å²) in [4.78, 5) is 27.7. The highest BCUT2D eigenvalue weighted by Gasteiger charge is 2.50. The van der Waals surface area contributed by atoms with E-state index in [-0.39, 0.29) is 34.0 Å². The van der Waals surface area contributed by atoms with Crippen LogP contribution in [0.1, 0.15) is 36.2 Å². The molecule has 2 aliphatic rings. The van der Waals surface area contributed by atoms with E-state index in [1.165, 1.54) is 6.07 Å². The number of hydrogen-bond donors (Lipinski definition) is 2. The Kier molecular flexibility index (Phi) is 8.17. The highest BCUT2D eigenvalue weighted by molar-refractivity contribution is 7.91. The van der Waals surface area contributed by atoms with E-state index in [1.807, 2.05) is 0 Å². The first-order valence-corrected chi connectivity index (χ1v) is 14.3. The first-order chi connectivity index (χ1) is 17.8. The van der Waals surface area contributed by atoms with Crippen molar-refractivity contribution in [2.75, 3.05) is 25.4 Å². The Bertz CT molecular complexity index is 1270. The third kappa shape index (κ3) is 6.37. The quantitative estimate of drug-likeness (QED) is 0.525. The van der Waals surface area contributed by atoms with E-state index in [4.69, 9.17) is 0 Å². The maximum Gasteiger partial charge on any atom is 0.416 e. The van der Waals surface area contributed by atoms with Crippen molar-refractivity contribution in [1.29, 1.82) is 0 Å². The van der Waals surface area contributed by atoms with Crippen LogP contribution in [-0.2, 0) is 20.8 Å². The fourth-order valence-electron chi connectivity index (χ4n) is 5.63. The predicted octanol–water partition coefficient (Wildman–Crippen LogP) is 3.37. The molecular weight excluding hydrogens is 519 g/mol. The highest BCUT2D eigenvalue weighted by atomic mass is 32.2. The number of nitrogens with one attached hydrogen (secondary N) is 2. The number of carbonyl (C=O) groups is 2. The van der Waals surface area contributed by atoms with Crippen molar-refractivity contribution in [3.8, 4) is 0 Å². The van der Waals surface area contributed by atoms with E-state index in [0.717, 1.165) is 31.3 Å². The summed E-state index contributed by atoms with van der Waals surface area (Å²) in [5.74, 6) is -1.40. The lowest BCUT2D eigenvalue weighted by atomic mass is 9.93. The molecule has 2 N–H and O–H groups in total. The molecule has 7 nitrogen and oxygen atoms in total. The molecule has 2 fully saturated rings. The molecule has 1 heterocycles. The molecule has 0 radical (unpaired) electrons. The van der Waals surface area contributed by atoms with E-state index in [1.54, 1.807) is 30.3 Å². The summed E-state index contributed by atoms with van der Waals surface area (Å²) in [5, 5.41) is 5.27. The van der Waals surface area contributed by atoms with Crippen molar-refractivity contribution in [2.45, 2.75) is 43.4 Å². The van der Waals surface area contributed by atoms with Crippen LogP contribution in [0.25, 0.3) is 0 Å². The van der Waals surface area contributed by atoms with Crippen molar-refractivity contribution in [3.05, 3.63) is 65.7 Å². The summed E-state index contributed by atoms with van der Waals surface area (Å²) in [6.45, 7) is 5.34. The van der Waals surface area contributed by atoms with Crippen molar-refractivity contribution in [2.24, 2.45) is 17.8 Å². The summed E-state index contributed by atoms with van der Waals surface area (Å²) in [7, 11) is -3.60. The van der Waals surface area contributed by atoms with Crippen LogP contribution in [0.15, 0.2) is 59.5 Å². The molecule has 2 amide bonds. The van der Waals surface area contributed by atoms with Gasteiger partial charge in [-0.25, -0.2) is 8.42 Å². The minimum Gasteiger partial charge on any atom is -0.352 e. The van der Waals surface area contributed by atoms with Gasteiger partial charge in [0.15, 0.2) is 9.84 Å².